The summed E-state index contributed by atoms with van der Waals surface area (Å²) in [6, 6.07) is 0. The van der Waals surface area contributed by atoms with Gasteiger partial charge in [0.05, 0.1) is 22.5 Å². The number of ether oxygens (including phenoxy) is 1. The van der Waals surface area contributed by atoms with Crippen LogP contribution >= 0.6 is 0 Å². The molecular formula is C12H20O5S. The summed E-state index contributed by atoms with van der Waals surface area (Å²) in [4.78, 5) is 10.6. The molecule has 1 heterocycles. The van der Waals surface area contributed by atoms with Gasteiger partial charge in [-0.25, -0.2) is 8.42 Å². The van der Waals surface area contributed by atoms with Crippen LogP contribution in [0.25, 0.3) is 0 Å². The van der Waals surface area contributed by atoms with Crippen LogP contribution in [-0.4, -0.2) is 42.2 Å². The minimum Gasteiger partial charge on any atom is -0.481 e. The Hall–Kier alpha value is -0.620. The molecule has 0 amide bonds. The van der Waals surface area contributed by atoms with Gasteiger partial charge < -0.3 is 9.84 Å². The quantitative estimate of drug-likeness (QED) is 0.838. The van der Waals surface area contributed by atoms with Crippen LogP contribution in [0.5, 0.6) is 0 Å². The summed E-state index contributed by atoms with van der Waals surface area (Å²) in [5.41, 5.74) is -0.223. The lowest BCUT2D eigenvalue weighted by atomic mass is 9.75. The average Bonchev–Trinajstić information content (AvgIpc) is 2.26. The van der Waals surface area contributed by atoms with Gasteiger partial charge in [0.25, 0.3) is 0 Å². The lowest BCUT2D eigenvalue weighted by Gasteiger charge is -2.47. The van der Waals surface area contributed by atoms with Gasteiger partial charge in [-0.1, -0.05) is 0 Å². The Labute approximate surface area is 107 Å². The molecular weight excluding hydrogens is 256 g/mol. The summed E-state index contributed by atoms with van der Waals surface area (Å²) >= 11 is 0. The van der Waals surface area contributed by atoms with Gasteiger partial charge in [0.15, 0.2) is 9.84 Å². The zero-order valence-corrected chi connectivity index (χ0v) is 11.4. The summed E-state index contributed by atoms with van der Waals surface area (Å²) in [5, 5.41) is 7.48. The van der Waals surface area contributed by atoms with Crippen LogP contribution in [0.4, 0.5) is 0 Å². The Morgan fingerprint density at radius 3 is 2.67 bits per heavy atom. The summed E-state index contributed by atoms with van der Waals surface area (Å²) in [6.45, 7) is 1.97. The second-order valence-electron chi connectivity index (χ2n) is 5.50. The number of aliphatic carboxylic acids is 1. The standard InChI is InChI=1S/C12H20O5S/c1-9(7-11(13)14)18(15,16)10-3-6-17-12(8-10)4-2-5-12/h9-10H,2-8H2,1H3,(H,13,14). The maximum atomic E-state index is 12.3. The molecule has 1 saturated heterocycles. The maximum Gasteiger partial charge on any atom is 0.304 e. The van der Waals surface area contributed by atoms with Gasteiger partial charge in [-0.05, 0) is 39.0 Å². The van der Waals surface area contributed by atoms with Crippen molar-refractivity contribution in [1.82, 2.24) is 0 Å². The summed E-state index contributed by atoms with van der Waals surface area (Å²) in [5.74, 6) is -1.06. The van der Waals surface area contributed by atoms with Crippen LogP contribution in [0, 0.1) is 0 Å². The number of carboxylic acid groups (broad SMARTS) is 1. The molecule has 1 N–H and O–H groups in total. The van der Waals surface area contributed by atoms with Gasteiger partial charge in [0, 0.05) is 6.61 Å². The van der Waals surface area contributed by atoms with Gasteiger partial charge in [-0.2, -0.15) is 0 Å². The molecule has 2 aliphatic rings. The summed E-state index contributed by atoms with van der Waals surface area (Å²) < 4.78 is 30.4. The topological polar surface area (TPSA) is 80.7 Å². The zero-order valence-electron chi connectivity index (χ0n) is 10.6. The smallest absolute Gasteiger partial charge is 0.304 e. The molecule has 1 aliphatic carbocycles. The van der Waals surface area contributed by atoms with Crippen LogP contribution in [0.15, 0.2) is 0 Å². The highest BCUT2D eigenvalue weighted by Crippen LogP contribution is 2.44. The van der Waals surface area contributed by atoms with E-state index in [1.54, 1.807) is 0 Å². The Kier molecular flexibility index (Phi) is 3.69. The molecule has 0 radical (unpaired) electrons. The third kappa shape index (κ3) is 2.54. The van der Waals surface area contributed by atoms with Crippen molar-refractivity contribution >= 4 is 15.8 Å². The lowest BCUT2D eigenvalue weighted by Crippen LogP contribution is -2.50. The van der Waals surface area contributed by atoms with Crippen LogP contribution in [0.2, 0.25) is 0 Å². The fraction of sp³-hybridized carbons (Fsp3) is 0.917. The molecule has 2 fully saturated rings. The van der Waals surface area contributed by atoms with E-state index in [1.807, 2.05) is 0 Å². The number of carboxylic acids is 1. The number of rotatable bonds is 4. The molecule has 2 atom stereocenters. The molecule has 6 heteroatoms. The maximum absolute atomic E-state index is 12.3. The molecule has 5 nitrogen and oxygen atoms in total. The predicted octanol–water partition coefficient (Wildman–Crippen LogP) is 1.37. The van der Waals surface area contributed by atoms with Crippen molar-refractivity contribution in [2.24, 2.45) is 0 Å². The van der Waals surface area contributed by atoms with E-state index in [4.69, 9.17) is 9.84 Å². The van der Waals surface area contributed by atoms with Crippen LogP contribution in [0.3, 0.4) is 0 Å². The molecule has 1 aliphatic heterocycles. The van der Waals surface area contributed by atoms with E-state index in [2.05, 4.69) is 0 Å². The van der Waals surface area contributed by atoms with E-state index in [-0.39, 0.29) is 12.0 Å². The third-order valence-electron chi connectivity index (χ3n) is 4.20. The highest BCUT2D eigenvalue weighted by Gasteiger charge is 2.47. The molecule has 0 aromatic heterocycles. The molecule has 1 saturated carbocycles. The minimum atomic E-state index is -3.37. The van der Waals surface area contributed by atoms with Gasteiger partial charge in [0.2, 0.25) is 0 Å². The third-order valence-corrected chi connectivity index (χ3v) is 6.82. The Balaban J connectivity index is 2.07. The molecule has 2 unspecified atom stereocenters. The normalized spacial score (nSPS) is 28.6. The van der Waals surface area contributed by atoms with E-state index >= 15 is 0 Å². The van der Waals surface area contributed by atoms with Gasteiger partial charge >= 0.3 is 5.97 Å². The molecule has 1 spiro atoms. The van der Waals surface area contributed by atoms with E-state index in [0.29, 0.717) is 19.4 Å². The van der Waals surface area contributed by atoms with Crippen LogP contribution in [0.1, 0.15) is 45.4 Å². The summed E-state index contributed by atoms with van der Waals surface area (Å²) in [6.07, 6.45) is 3.69. The second-order valence-corrected chi connectivity index (χ2v) is 8.15. The van der Waals surface area contributed by atoms with E-state index in [0.717, 1.165) is 19.3 Å². The molecule has 0 aromatic carbocycles. The monoisotopic (exact) mass is 276 g/mol. The Morgan fingerprint density at radius 1 is 1.50 bits per heavy atom. The van der Waals surface area contributed by atoms with Crippen molar-refractivity contribution in [3.63, 3.8) is 0 Å². The molecule has 0 bridgehead atoms. The zero-order chi connectivity index (χ0) is 13.4. The lowest BCUT2D eigenvalue weighted by molar-refractivity contribution is -0.136. The van der Waals surface area contributed by atoms with Crippen molar-refractivity contribution < 1.29 is 23.1 Å². The first kappa shape index (κ1) is 13.8. The highest BCUT2D eigenvalue weighted by molar-refractivity contribution is 7.92. The number of hydrogen-bond donors (Lipinski definition) is 1. The number of carbonyl (C=O) groups is 1. The van der Waals surface area contributed by atoms with Crippen LogP contribution in [-0.2, 0) is 19.4 Å². The predicted molar refractivity (Wildman–Crippen MR) is 66.2 cm³/mol. The molecule has 104 valence electrons. The fourth-order valence-corrected chi connectivity index (χ4v) is 4.87. The highest BCUT2D eigenvalue weighted by atomic mass is 32.2. The number of hydrogen-bond acceptors (Lipinski definition) is 4. The van der Waals surface area contributed by atoms with Crippen molar-refractivity contribution in [1.29, 1.82) is 0 Å². The summed E-state index contributed by atoms with van der Waals surface area (Å²) in [7, 11) is -3.37. The second kappa shape index (κ2) is 4.81. The van der Waals surface area contributed by atoms with Crippen molar-refractivity contribution in [3.05, 3.63) is 0 Å². The minimum absolute atomic E-state index is 0.223. The van der Waals surface area contributed by atoms with Gasteiger partial charge in [0.1, 0.15) is 0 Å². The Morgan fingerprint density at radius 2 is 2.17 bits per heavy atom. The van der Waals surface area contributed by atoms with Gasteiger partial charge in [-0.15, -0.1) is 0 Å². The van der Waals surface area contributed by atoms with E-state index in [1.165, 1.54) is 6.92 Å². The molecule has 18 heavy (non-hydrogen) atoms. The van der Waals surface area contributed by atoms with Gasteiger partial charge in [-0.3, -0.25) is 4.79 Å². The fourth-order valence-electron chi connectivity index (χ4n) is 2.87. The van der Waals surface area contributed by atoms with Crippen LogP contribution < -0.4 is 0 Å². The van der Waals surface area contributed by atoms with E-state index < -0.39 is 26.3 Å². The van der Waals surface area contributed by atoms with Crippen molar-refractivity contribution in [2.75, 3.05) is 6.61 Å². The molecule has 0 aromatic rings. The van der Waals surface area contributed by atoms with Crippen molar-refractivity contribution in [2.45, 2.75) is 61.5 Å². The van der Waals surface area contributed by atoms with E-state index in [9.17, 15) is 13.2 Å². The SMILES string of the molecule is CC(CC(=O)O)S(=O)(=O)C1CCOC2(CCC2)C1. The van der Waals surface area contributed by atoms with Crippen molar-refractivity contribution in [3.8, 4) is 0 Å². The largest absolute Gasteiger partial charge is 0.481 e. The first-order valence-corrected chi connectivity index (χ1v) is 8.05. The number of sulfone groups is 1. The molecule has 2 rings (SSSR count). The average molecular weight is 276 g/mol. The Bertz CT molecular complexity index is 424. The first-order valence-electron chi connectivity index (χ1n) is 6.44. The first-order chi connectivity index (χ1) is 8.36.